The van der Waals surface area contributed by atoms with Crippen LogP contribution < -0.4 is 5.32 Å². The Hall–Kier alpha value is -0.790. The second-order valence-corrected chi connectivity index (χ2v) is 12.3. The van der Waals surface area contributed by atoms with E-state index in [1.54, 1.807) is 7.11 Å². The number of nitrogens with one attached hydrogen (secondary N) is 1. The van der Waals surface area contributed by atoms with Gasteiger partial charge in [0.2, 0.25) is 5.91 Å². The van der Waals surface area contributed by atoms with Crippen molar-refractivity contribution in [1.29, 1.82) is 0 Å². The quantitative estimate of drug-likeness (QED) is 0.424. The number of carbonyl (C=O) groups is 1. The normalized spacial score (nSPS) is 54.3. The van der Waals surface area contributed by atoms with Crippen LogP contribution >= 0.6 is 12.6 Å². The van der Waals surface area contributed by atoms with Gasteiger partial charge in [0.25, 0.3) is 0 Å². The summed E-state index contributed by atoms with van der Waals surface area (Å²) in [5.74, 6) is 0.966. The van der Waals surface area contributed by atoms with Gasteiger partial charge in [-0.15, -0.1) is 0 Å². The van der Waals surface area contributed by atoms with Gasteiger partial charge in [-0.2, -0.15) is 12.6 Å². The Balaban J connectivity index is 1.61. The van der Waals surface area contributed by atoms with Gasteiger partial charge in [-0.05, 0) is 49.4 Å². The van der Waals surface area contributed by atoms with E-state index in [0.29, 0.717) is 24.8 Å². The van der Waals surface area contributed by atoms with Crippen molar-refractivity contribution in [3.63, 3.8) is 0 Å². The van der Waals surface area contributed by atoms with Crippen LogP contribution in [0.4, 0.5) is 0 Å². The maximum Gasteiger partial charge on any atom is 0.223 e. The smallest absolute Gasteiger partial charge is 0.223 e. The van der Waals surface area contributed by atoms with E-state index in [1.165, 1.54) is 0 Å². The summed E-state index contributed by atoms with van der Waals surface area (Å²) in [6, 6.07) is 0. The van der Waals surface area contributed by atoms with Crippen LogP contribution in [0.3, 0.4) is 0 Å². The first kappa shape index (κ1) is 22.0. The molecular formula is C24H38N2O4S. The van der Waals surface area contributed by atoms with Crippen LogP contribution in [-0.2, 0) is 14.4 Å². The van der Waals surface area contributed by atoms with Crippen molar-refractivity contribution in [2.24, 2.45) is 45.6 Å². The van der Waals surface area contributed by atoms with Crippen LogP contribution in [0.15, 0.2) is 5.16 Å². The van der Waals surface area contributed by atoms with E-state index in [2.05, 4.69) is 38.2 Å². The summed E-state index contributed by atoms with van der Waals surface area (Å²) in [4.78, 5) is 17.7. The summed E-state index contributed by atoms with van der Waals surface area (Å²) < 4.78 is 7.33. The molecule has 7 heteroatoms. The van der Waals surface area contributed by atoms with Gasteiger partial charge in [0.05, 0.1) is 23.5 Å². The molecule has 2 N–H and O–H groups in total. The third kappa shape index (κ3) is 2.78. The molecule has 0 aromatic carbocycles. The highest BCUT2D eigenvalue weighted by atomic mass is 32.1. The Morgan fingerprint density at radius 2 is 1.97 bits per heavy atom. The molecule has 0 aromatic heterocycles. The molecule has 6 nitrogen and oxygen atoms in total. The molecule has 10 atom stereocenters. The molecule has 2 aliphatic heterocycles. The van der Waals surface area contributed by atoms with Gasteiger partial charge in [0.1, 0.15) is 7.11 Å². The molecule has 174 valence electrons. The minimum absolute atomic E-state index is 0.0416. The highest BCUT2D eigenvalue weighted by Gasteiger charge is 2.71. The second-order valence-electron chi connectivity index (χ2n) is 11.7. The van der Waals surface area contributed by atoms with Gasteiger partial charge in [-0.3, -0.25) is 4.79 Å². The molecule has 10 unspecified atom stereocenters. The van der Waals surface area contributed by atoms with Crippen molar-refractivity contribution >= 4 is 24.2 Å². The summed E-state index contributed by atoms with van der Waals surface area (Å²) in [5.41, 5.74) is 0.404. The summed E-state index contributed by atoms with van der Waals surface area (Å²) in [7, 11) is 1.61. The molecule has 1 spiro atoms. The number of aliphatic hydroxyl groups is 1. The van der Waals surface area contributed by atoms with Crippen LogP contribution in [-0.4, -0.2) is 53.4 Å². The largest absolute Gasteiger partial charge is 0.399 e. The fraction of sp³-hybridized carbons (Fsp3) is 0.917. The Bertz CT molecular complexity index is 802. The van der Waals surface area contributed by atoms with E-state index < -0.39 is 6.10 Å². The second kappa shape index (κ2) is 7.10. The lowest BCUT2D eigenvalue weighted by Gasteiger charge is -2.70. The van der Waals surface area contributed by atoms with Crippen molar-refractivity contribution in [3.05, 3.63) is 0 Å². The standard InChI is InChI=1S/C24H38N2O4S/c1-12-6-7-18-22(2,3)20(26-29-5)17(31)10-24(18)23(12,4)9-14-16(27)8-13-15(19(14)30-24)11-25-21(13)28/h12-19,27,31H,6-11H2,1-5H3,(H,25,28). The first-order chi connectivity index (χ1) is 14.6. The summed E-state index contributed by atoms with van der Waals surface area (Å²) in [6.07, 6.45) is 3.96. The first-order valence-electron chi connectivity index (χ1n) is 12.0. The van der Waals surface area contributed by atoms with E-state index >= 15 is 0 Å². The number of thiol groups is 1. The molecule has 0 aromatic rings. The molecule has 0 bridgehead atoms. The van der Waals surface area contributed by atoms with Gasteiger partial charge in [0.15, 0.2) is 0 Å². The SMILES string of the molecule is CON=C1C(S)CC23OC4C(CC2(C)C(C)CCC3C1(C)C)C(O)CC1C(=O)NCC14. The number of amides is 1. The van der Waals surface area contributed by atoms with E-state index in [-0.39, 0.29) is 51.4 Å². The number of rotatable bonds is 1. The van der Waals surface area contributed by atoms with Gasteiger partial charge < -0.3 is 20.0 Å². The van der Waals surface area contributed by atoms with Crippen molar-refractivity contribution in [3.8, 4) is 0 Å². The van der Waals surface area contributed by atoms with Crippen LogP contribution in [0.1, 0.15) is 59.8 Å². The fourth-order valence-electron chi connectivity index (χ4n) is 8.45. The number of carbonyl (C=O) groups excluding carboxylic acids is 1. The lowest BCUT2D eigenvalue weighted by molar-refractivity contribution is -0.318. The highest BCUT2D eigenvalue weighted by molar-refractivity contribution is 7.81. The minimum atomic E-state index is -0.481. The number of hydrogen-bond donors (Lipinski definition) is 3. The van der Waals surface area contributed by atoms with Gasteiger partial charge in [-0.1, -0.05) is 32.9 Å². The van der Waals surface area contributed by atoms with Crippen LogP contribution in [0.25, 0.3) is 0 Å². The summed E-state index contributed by atoms with van der Waals surface area (Å²) in [5, 5.41) is 18.5. The van der Waals surface area contributed by atoms with Crippen molar-refractivity contribution in [2.75, 3.05) is 13.7 Å². The fourth-order valence-corrected chi connectivity index (χ4v) is 9.11. The Kier molecular flexibility index (Phi) is 5.05. The van der Waals surface area contributed by atoms with E-state index in [1.807, 2.05) is 0 Å². The molecule has 3 saturated carbocycles. The van der Waals surface area contributed by atoms with Gasteiger partial charge >= 0.3 is 0 Å². The molecule has 1 amide bonds. The molecule has 5 fully saturated rings. The third-order valence-corrected chi connectivity index (χ3v) is 10.7. The molecule has 5 aliphatic rings. The molecular weight excluding hydrogens is 412 g/mol. The first-order valence-corrected chi connectivity index (χ1v) is 12.5. The van der Waals surface area contributed by atoms with Crippen LogP contribution in [0.5, 0.6) is 0 Å². The lowest BCUT2D eigenvalue weighted by Crippen LogP contribution is -2.74. The maximum absolute atomic E-state index is 12.5. The summed E-state index contributed by atoms with van der Waals surface area (Å²) >= 11 is 5.02. The molecule has 5 rings (SSSR count). The topological polar surface area (TPSA) is 80.2 Å². The molecule has 31 heavy (non-hydrogen) atoms. The van der Waals surface area contributed by atoms with Crippen molar-refractivity contribution in [2.45, 2.75) is 82.9 Å². The van der Waals surface area contributed by atoms with Crippen molar-refractivity contribution in [1.82, 2.24) is 5.32 Å². The number of fused-ring (bicyclic) bond motifs is 3. The van der Waals surface area contributed by atoms with Crippen LogP contribution in [0.2, 0.25) is 0 Å². The zero-order valence-electron chi connectivity index (χ0n) is 19.4. The summed E-state index contributed by atoms with van der Waals surface area (Å²) in [6.45, 7) is 9.95. The molecule has 2 saturated heterocycles. The van der Waals surface area contributed by atoms with Gasteiger partial charge in [0, 0.05) is 35.0 Å². The van der Waals surface area contributed by atoms with E-state index in [9.17, 15) is 9.90 Å². The lowest BCUT2D eigenvalue weighted by atomic mass is 9.42. The zero-order chi connectivity index (χ0) is 22.3. The van der Waals surface area contributed by atoms with Crippen LogP contribution in [0, 0.1) is 40.4 Å². The Labute approximate surface area is 191 Å². The number of ether oxygens (including phenoxy) is 1. The zero-order valence-corrected chi connectivity index (χ0v) is 20.3. The maximum atomic E-state index is 12.5. The Morgan fingerprint density at radius 1 is 1.23 bits per heavy atom. The number of nitrogens with zero attached hydrogens (tertiary/aromatic N) is 1. The average molecular weight is 451 g/mol. The third-order valence-electron chi connectivity index (χ3n) is 10.2. The predicted molar refractivity (Wildman–Crippen MR) is 122 cm³/mol. The van der Waals surface area contributed by atoms with Crippen molar-refractivity contribution < 1.29 is 19.5 Å². The minimum Gasteiger partial charge on any atom is -0.399 e. The van der Waals surface area contributed by atoms with E-state index in [4.69, 9.17) is 22.2 Å². The number of aliphatic hydroxyl groups excluding tert-OH is 1. The average Bonchev–Trinajstić information content (AvgIpc) is 3.06. The monoisotopic (exact) mass is 450 g/mol. The highest BCUT2D eigenvalue weighted by Crippen LogP contribution is 2.68. The van der Waals surface area contributed by atoms with Gasteiger partial charge in [-0.25, -0.2) is 0 Å². The molecule has 3 aliphatic carbocycles. The van der Waals surface area contributed by atoms with E-state index in [0.717, 1.165) is 31.4 Å². The number of oxime groups is 1. The predicted octanol–water partition coefficient (Wildman–Crippen LogP) is 3.04. The Morgan fingerprint density at radius 3 is 2.68 bits per heavy atom. The molecule has 2 heterocycles. The number of hydrogen-bond acceptors (Lipinski definition) is 6. The molecule has 0 radical (unpaired) electrons.